The van der Waals surface area contributed by atoms with E-state index >= 15 is 0 Å². The molecule has 0 saturated carbocycles. The van der Waals surface area contributed by atoms with E-state index in [1.807, 2.05) is 0 Å². The van der Waals surface area contributed by atoms with E-state index < -0.39 is 0 Å². The Bertz CT molecular complexity index is 890. The number of methoxy groups -OCH3 is 2. The van der Waals surface area contributed by atoms with Crippen LogP contribution >= 0.6 is 22.9 Å². The number of rotatable bonds is 4. The Hall–Kier alpha value is -2.32. The van der Waals surface area contributed by atoms with Gasteiger partial charge < -0.3 is 9.47 Å². The summed E-state index contributed by atoms with van der Waals surface area (Å²) >= 11 is 7.45. The normalized spacial score (nSPS) is 10.8. The van der Waals surface area contributed by atoms with Crippen molar-refractivity contribution in [1.82, 2.24) is 14.8 Å². The highest BCUT2D eigenvalue weighted by atomic mass is 35.5. The van der Waals surface area contributed by atoms with Crippen LogP contribution in [0.25, 0.3) is 10.2 Å². The largest absolute Gasteiger partial charge is 0.494 e. The number of ether oxygens (including phenoxy) is 2. The number of aryl methyl sites for hydroxylation is 1. The summed E-state index contributed by atoms with van der Waals surface area (Å²) in [5.74, 6) is 0.492. The molecule has 1 N–H and O–H groups in total. The summed E-state index contributed by atoms with van der Waals surface area (Å²) in [6, 6.07) is 3.47. The van der Waals surface area contributed by atoms with Gasteiger partial charge in [0.25, 0.3) is 5.91 Å². The van der Waals surface area contributed by atoms with Gasteiger partial charge >= 0.3 is 0 Å². The summed E-state index contributed by atoms with van der Waals surface area (Å²) in [5, 5.41) is 7.76. The maximum absolute atomic E-state index is 12.4. The van der Waals surface area contributed by atoms with E-state index in [4.69, 9.17) is 21.1 Å². The van der Waals surface area contributed by atoms with Gasteiger partial charge in [0.2, 0.25) is 5.88 Å². The van der Waals surface area contributed by atoms with E-state index in [0.717, 1.165) is 4.70 Å². The third-order valence-electron chi connectivity index (χ3n) is 3.13. The number of carbonyl (C=O) groups is 1. The third kappa shape index (κ3) is 2.82. The summed E-state index contributed by atoms with van der Waals surface area (Å²) in [6.07, 6.45) is 1.58. The van der Waals surface area contributed by atoms with Crippen molar-refractivity contribution in [2.24, 2.45) is 7.05 Å². The zero-order chi connectivity index (χ0) is 16.6. The van der Waals surface area contributed by atoms with Crippen LogP contribution in [0.5, 0.6) is 11.6 Å². The summed E-state index contributed by atoms with van der Waals surface area (Å²) in [6.45, 7) is 0. The number of halogens is 1. The van der Waals surface area contributed by atoms with Crippen LogP contribution in [0.15, 0.2) is 18.3 Å². The number of anilines is 1. The van der Waals surface area contributed by atoms with Crippen molar-refractivity contribution < 1.29 is 14.3 Å². The summed E-state index contributed by atoms with van der Waals surface area (Å²) in [7, 11) is 4.73. The van der Waals surface area contributed by atoms with Gasteiger partial charge in [-0.3, -0.25) is 14.8 Å². The summed E-state index contributed by atoms with van der Waals surface area (Å²) in [5.41, 5.74) is 0.936. The number of thiazole rings is 1. The summed E-state index contributed by atoms with van der Waals surface area (Å²) in [4.78, 5) is 16.8. The van der Waals surface area contributed by atoms with Gasteiger partial charge in [-0.2, -0.15) is 0 Å². The lowest BCUT2D eigenvalue weighted by atomic mass is 10.3. The molecule has 1 amide bonds. The zero-order valence-electron chi connectivity index (χ0n) is 12.6. The zero-order valence-corrected chi connectivity index (χ0v) is 14.2. The second-order valence-corrected chi connectivity index (χ2v) is 6.03. The van der Waals surface area contributed by atoms with Gasteiger partial charge in [-0.15, -0.1) is 5.10 Å². The maximum atomic E-state index is 12.4. The molecule has 3 rings (SSSR count). The molecular formula is C14H13ClN4O3S. The minimum Gasteiger partial charge on any atom is -0.494 e. The lowest BCUT2D eigenvalue weighted by molar-refractivity contribution is 0.102. The molecule has 9 heteroatoms. The Labute approximate surface area is 140 Å². The van der Waals surface area contributed by atoms with Gasteiger partial charge in [-0.25, -0.2) is 4.98 Å². The lowest BCUT2D eigenvalue weighted by Crippen LogP contribution is -2.12. The molecule has 0 spiro atoms. The van der Waals surface area contributed by atoms with E-state index in [0.29, 0.717) is 27.0 Å². The maximum Gasteiger partial charge on any atom is 0.264 e. The minimum absolute atomic E-state index is 0.252. The number of aromatic nitrogens is 3. The van der Waals surface area contributed by atoms with Gasteiger partial charge in [0.1, 0.15) is 16.8 Å². The smallest absolute Gasteiger partial charge is 0.264 e. The summed E-state index contributed by atoms with van der Waals surface area (Å²) < 4.78 is 12.6. The number of amides is 1. The molecule has 0 saturated heterocycles. The number of hydrogen-bond donors (Lipinski definition) is 1. The Morgan fingerprint density at radius 1 is 1.35 bits per heavy atom. The highest BCUT2D eigenvalue weighted by molar-refractivity contribution is 7.23. The van der Waals surface area contributed by atoms with Crippen LogP contribution < -0.4 is 14.8 Å². The molecule has 120 valence electrons. The molecular weight excluding hydrogens is 340 g/mol. The van der Waals surface area contributed by atoms with Crippen LogP contribution in [0.2, 0.25) is 5.02 Å². The predicted octanol–water partition coefficient (Wildman–Crippen LogP) is 2.95. The fourth-order valence-electron chi connectivity index (χ4n) is 2.11. The second-order valence-electron chi connectivity index (χ2n) is 4.63. The van der Waals surface area contributed by atoms with Crippen LogP contribution in [-0.2, 0) is 7.05 Å². The van der Waals surface area contributed by atoms with Gasteiger partial charge in [0.05, 0.1) is 23.9 Å². The SMILES string of the molecule is COc1nn(C)cc1C(=O)Nc1nc2c(OC)ccc(Cl)c2s1. The second kappa shape index (κ2) is 6.05. The highest BCUT2D eigenvalue weighted by Crippen LogP contribution is 2.37. The van der Waals surface area contributed by atoms with Crippen LogP contribution in [0.4, 0.5) is 5.13 Å². The van der Waals surface area contributed by atoms with Crippen molar-refractivity contribution in [3.63, 3.8) is 0 Å². The van der Waals surface area contributed by atoms with E-state index in [1.54, 1.807) is 32.5 Å². The first-order chi connectivity index (χ1) is 11.0. The number of nitrogens with zero attached hydrogens (tertiary/aromatic N) is 3. The molecule has 2 heterocycles. The molecule has 0 aliphatic rings. The lowest BCUT2D eigenvalue weighted by Gasteiger charge is -2.01. The molecule has 0 fully saturated rings. The van der Waals surface area contributed by atoms with Crippen LogP contribution in [0, 0.1) is 0 Å². The number of fused-ring (bicyclic) bond motifs is 1. The first-order valence-corrected chi connectivity index (χ1v) is 7.75. The Balaban J connectivity index is 1.95. The van der Waals surface area contributed by atoms with E-state index in [1.165, 1.54) is 23.1 Å². The van der Waals surface area contributed by atoms with Crippen LogP contribution in [0.3, 0.4) is 0 Å². The van der Waals surface area contributed by atoms with Crippen molar-refractivity contribution in [3.05, 3.63) is 28.9 Å². The van der Waals surface area contributed by atoms with Crippen LogP contribution in [-0.4, -0.2) is 34.9 Å². The Kier molecular flexibility index (Phi) is 4.10. The molecule has 0 aliphatic carbocycles. The number of carbonyl (C=O) groups excluding carboxylic acids is 1. The monoisotopic (exact) mass is 352 g/mol. The van der Waals surface area contributed by atoms with Gasteiger partial charge in [0, 0.05) is 13.2 Å². The molecule has 3 aromatic rings. The van der Waals surface area contributed by atoms with Crippen LogP contribution in [0.1, 0.15) is 10.4 Å². The molecule has 0 aliphatic heterocycles. The number of nitrogens with one attached hydrogen (secondary N) is 1. The van der Waals surface area contributed by atoms with Crippen molar-refractivity contribution in [2.75, 3.05) is 19.5 Å². The Morgan fingerprint density at radius 3 is 2.83 bits per heavy atom. The van der Waals surface area contributed by atoms with Gasteiger partial charge in [-0.05, 0) is 12.1 Å². The van der Waals surface area contributed by atoms with Crippen molar-refractivity contribution in [2.45, 2.75) is 0 Å². The van der Waals surface area contributed by atoms with E-state index in [-0.39, 0.29) is 11.8 Å². The average Bonchev–Trinajstić information content (AvgIpc) is 3.11. The van der Waals surface area contributed by atoms with Gasteiger partial charge in [-0.1, -0.05) is 22.9 Å². The minimum atomic E-state index is -0.357. The van der Waals surface area contributed by atoms with Crippen molar-refractivity contribution in [1.29, 1.82) is 0 Å². The Morgan fingerprint density at radius 2 is 2.13 bits per heavy atom. The average molecular weight is 353 g/mol. The quantitative estimate of drug-likeness (QED) is 0.781. The van der Waals surface area contributed by atoms with Crippen molar-refractivity contribution in [3.8, 4) is 11.6 Å². The molecule has 0 unspecified atom stereocenters. The standard InChI is InChI=1S/C14H13ClN4O3S/c1-19-6-7(13(18-19)22-3)12(20)17-14-16-10-9(21-2)5-4-8(15)11(10)23-14/h4-6H,1-3H3,(H,16,17,20). The molecule has 0 bridgehead atoms. The van der Waals surface area contributed by atoms with Crippen molar-refractivity contribution >= 4 is 44.2 Å². The predicted molar refractivity (Wildman–Crippen MR) is 88.9 cm³/mol. The molecule has 1 aromatic carbocycles. The molecule has 23 heavy (non-hydrogen) atoms. The fourth-order valence-corrected chi connectivity index (χ4v) is 3.26. The van der Waals surface area contributed by atoms with Gasteiger partial charge in [0.15, 0.2) is 5.13 Å². The molecule has 0 atom stereocenters. The first-order valence-electron chi connectivity index (χ1n) is 6.55. The third-order valence-corrected chi connectivity index (χ3v) is 4.56. The number of benzene rings is 1. The molecule has 7 nitrogen and oxygen atoms in total. The highest BCUT2D eigenvalue weighted by Gasteiger charge is 2.19. The van der Waals surface area contributed by atoms with E-state index in [9.17, 15) is 4.79 Å². The molecule has 2 aromatic heterocycles. The topological polar surface area (TPSA) is 78.3 Å². The first kappa shape index (κ1) is 15.6. The fraction of sp³-hybridized carbons (Fsp3) is 0.214. The number of hydrogen-bond acceptors (Lipinski definition) is 6. The molecule has 0 radical (unpaired) electrons. The van der Waals surface area contributed by atoms with E-state index in [2.05, 4.69) is 15.4 Å².